The first-order chi connectivity index (χ1) is 15.7. The molecule has 8 nitrogen and oxygen atoms in total. The summed E-state index contributed by atoms with van der Waals surface area (Å²) in [7, 11) is -2.29. The molecule has 0 fully saturated rings. The normalized spacial score (nSPS) is 12.5. The Balaban J connectivity index is 2.07. The highest BCUT2D eigenvalue weighted by Gasteiger charge is 2.26. The van der Waals surface area contributed by atoms with E-state index in [0.29, 0.717) is 35.0 Å². The fourth-order valence-corrected chi connectivity index (χ4v) is 4.49. The lowest BCUT2D eigenvalue weighted by molar-refractivity contribution is 0.103. The quantitative estimate of drug-likeness (QED) is 0.321. The Morgan fingerprint density at radius 3 is 2.76 bits per heavy atom. The number of nitrogens with two attached hydrogens (primary N) is 1. The highest BCUT2D eigenvalue weighted by atomic mass is 32.2. The number of nitrogens with zero attached hydrogens (tertiary/aromatic N) is 2. The van der Waals surface area contributed by atoms with Crippen LogP contribution in [0.5, 0.6) is 0 Å². The van der Waals surface area contributed by atoms with Gasteiger partial charge in [0.05, 0.1) is 17.0 Å². The van der Waals surface area contributed by atoms with Crippen LogP contribution < -0.4 is 10.5 Å². The molecule has 2 heterocycles. The smallest absolute Gasteiger partial charge is 0.232 e. The Labute approximate surface area is 189 Å². The van der Waals surface area contributed by atoms with Crippen LogP contribution in [0.3, 0.4) is 0 Å². The van der Waals surface area contributed by atoms with Crippen LogP contribution >= 0.6 is 0 Å². The highest BCUT2D eigenvalue weighted by Crippen LogP contribution is 2.28. The predicted octanol–water partition coefficient (Wildman–Crippen LogP) is 3.61. The summed E-state index contributed by atoms with van der Waals surface area (Å²) in [5, 5.41) is 0.314. The monoisotopic (exact) mass is 475 g/mol. The van der Waals surface area contributed by atoms with Gasteiger partial charge in [-0.3, -0.25) is 14.5 Å². The van der Waals surface area contributed by atoms with Crippen molar-refractivity contribution in [2.75, 3.05) is 17.5 Å². The molecule has 174 valence electrons. The van der Waals surface area contributed by atoms with Crippen molar-refractivity contribution in [3.8, 4) is 0 Å². The van der Waals surface area contributed by atoms with Crippen molar-refractivity contribution in [2.24, 2.45) is 10.7 Å². The van der Waals surface area contributed by atoms with Gasteiger partial charge in [0.1, 0.15) is 11.5 Å². The number of rotatable bonds is 9. The van der Waals surface area contributed by atoms with Crippen LogP contribution in [-0.2, 0) is 10.0 Å². The number of fused-ring (bicyclic) bond motifs is 1. The molecule has 3 rings (SSSR count). The van der Waals surface area contributed by atoms with E-state index >= 15 is 4.39 Å². The average Bonchev–Trinajstić information content (AvgIpc) is 3.21. The van der Waals surface area contributed by atoms with Gasteiger partial charge in [-0.25, -0.2) is 22.2 Å². The van der Waals surface area contributed by atoms with E-state index < -0.39 is 38.7 Å². The van der Waals surface area contributed by atoms with E-state index in [0.717, 1.165) is 12.1 Å². The van der Waals surface area contributed by atoms with Gasteiger partial charge in [-0.15, -0.1) is 0 Å². The SMILES string of the molecule is CCCCS(=O)(=O)Nc1ccc(F)c(C(=O)c2c[nH]c3ncc(C(C=NC)=CN)cc23)c1F. The van der Waals surface area contributed by atoms with E-state index in [1.807, 2.05) is 6.92 Å². The summed E-state index contributed by atoms with van der Waals surface area (Å²) < 4.78 is 56.1. The number of allylic oxidation sites excluding steroid dienone is 1. The number of halogens is 2. The van der Waals surface area contributed by atoms with Gasteiger partial charge in [0.15, 0.2) is 5.82 Å². The van der Waals surface area contributed by atoms with Crippen molar-refractivity contribution in [3.63, 3.8) is 0 Å². The number of benzene rings is 1. The Bertz CT molecular complexity index is 1360. The van der Waals surface area contributed by atoms with E-state index in [4.69, 9.17) is 5.73 Å². The molecule has 0 spiro atoms. The first-order valence-electron chi connectivity index (χ1n) is 10.1. The number of H-pyrrole nitrogens is 1. The molecule has 2 aromatic heterocycles. The molecule has 0 saturated carbocycles. The number of ketones is 1. The van der Waals surface area contributed by atoms with Gasteiger partial charge in [-0.2, -0.15) is 0 Å². The molecule has 33 heavy (non-hydrogen) atoms. The van der Waals surface area contributed by atoms with Crippen LogP contribution in [0.1, 0.15) is 41.3 Å². The van der Waals surface area contributed by atoms with Crippen molar-refractivity contribution >= 4 is 44.3 Å². The zero-order valence-electron chi connectivity index (χ0n) is 18.0. The second-order valence-electron chi connectivity index (χ2n) is 7.22. The minimum Gasteiger partial charge on any atom is -0.404 e. The van der Waals surface area contributed by atoms with Gasteiger partial charge in [0, 0.05) is 53.9 Å². The lowest BCUT2D eigenvalue weighted by Crippen LogP contribution is -2.19. The number of sulfonamides is 1. The number of hydrogen-bond donors (Lipinski definition) is 3. The summed E-state index contributed by atoms with van der Waals surface area (Å²) in [4.78, 5) is 24.1. The van der Waals surface area contributed by atoms with Crippen LogP contribution in [0.4, 0.5) is 14.5 Å². The molecular formula is C22H23F2N5O3S. The number of nitrogens with one attached hydrogen (secondary N) is 2. The lowest BCUT2D eigenvalue weighted by Gasteiger charge is -2.11. The molecule has 1 aromatic carbocycles. The Morgan fingerprint density at radius 2 is 2.09 bits per heavy atom. The van der Waals surface area contributed by atoms with Crippen LogP contribution in [0.15, 0.2) is 41.8 Å². The minimum absolute atomic E-state index is 0.0343. The number of aromatic nitrogens is 2. The maximum atomic E-state index is 15.1. The van der Waals surface area contributed by atoms with Crippen LogP contribution in [-0.4, -0.2) is 43.2 Å². The van der Waals surface area contributed by atoms with Crippen molar-refractivity contribution < 1.29 is 22.0 Å². The zero-order chi connectivity index (χ0) is 24.2. The van der Waals surface area contributed by atoms with Gasteiger partial charge in [0.2, 0.25) is 15.8 Å². The fraction of sp³-hybridized carbons (Fsp3) is 0.227. The van der Waals surface area contributed by atoms with Crippen molar-refractivity contribution in [2.45, 2.75) is 19.8 Å². The number of pyridine rings is 1. The lowest BCUT2D eigenvalue weighted by atomic mass is 10.00. The number of aromatic amines is 1. The number of hydrogen-bond acceptors (Lipinski definition) is 6. The zero-order valence-corrected chi connectivity index (χ0v) is 18.8. The molecule has 0 atom stereocenters. The van der Waals surface area contributed by atoms with Gasteiger partial charge < -0.3 is 10.7 Å². The summed E-state index contributed by atoms with van der Waals surface area (Å²) in [6, 6.07) is 3.39. The number of aliphatic imine (C=N–C) groups is 1. The maximum absolute atomic E-state index is 15.1. The van der Waals surface area contributed by atoms with E-state index in [1.165, 1.54) is 24.8 Å². The second-order valence-corrected chi connectivity index (χ2v) is 9.06. The summed E-state index contributed by atoms with van der Waals surface area (Å²) >= 11 is 0. The molecule has 0 saturated heterocycles. The third kappa shape index (κ3) is 5.08. The number of carbonyl (C=O) groups excluding carboxylic acids is 1. The Kier molecular flexibility index (Phi) is 7.22. The Hall–Kier alpha value is -3.60. The first kappa shape index (κ1) is 24.1. The summed E-state index contributed by atoms with van der Waals surface area (Å²) in [6.07, 6.45) is 6.62. The summed E-state index contributed by atoms with van der Waals surface area (Å²) in [5.41, 5.74) is 5.62. The predicted molar refractivity (Wildman–Crippen MR) is 125 cm³/mol. The third-order valence-electron chi connectivity index (χ3n) is 4.91. The van der Waals surface area contributed by atoms with E-state index in [2.05, 4.69) is 19.7 Å². The first-order valence-corrected chi connectivity index (χ1v) is 11.7. The largest absolute Gasteiger partial charge is 0.404 e. The van der Waals surface area contributed by atoms with Gasteiger partial charge >= 0.3 is 0 Å². The fourth-order valence-electron chi connectivity index (χ4n) is 3.23. The average molecular weight is 476 g/mol. The Morgan fingerprint density at radius 1 is 1.33 bits per heavy atom. The summed E-state index contributed by atoms with van der Waals surface area (Å²) in [6.45, 7) is 1.81. The molecule has 0 amide bonds. The number of anilines is 1. The topological polar surface area (TPSA) is 130 Å². The van der Waals surface area contributed by atoms with Crippen molar-refractivity contribution in [1.82, 2.24) is 9.97 Å². The van der Waals surface area contributed by atoms with Gasteiger partial charge in [-0.05, 0) is 24.6 Å². The van der Waals surface area contributed by atoms with Crippen molar-refractivity contribution in [1.29, 1.82) is 0 Å². The molecule has 0 bridgehead atoms. The van der Waals surface area contributed by atoms with Crippen LogP contribution in [0.25, 0.3) is 16.6 Å². The molecule has 4 N–H and O–H groups in total. The number of carbonyl (C=O) groups is 1. The van der Waals surface area contributed by atoms with E-state index in [9.17, 15) is 17.6 Å². The molecule has 11 heteroatoms. The minimum atomic E-state index is -3.86. The van der Waals surface area contributed by atoms with Crippen LogP contribution in [0.2, 0.25) is 0 Å². The molecule has 0 aliphatic heterocycles. The van der Waals surface area contributed by atoms with E-state index in [1.54, 1.807) is 13.1 Å². The summed E-state index contributed by atoms with van der Waals surface area (Å²) in [5.74, 6) is -3.60. The molecular weight excluding hydrogens is 452 g/mol. The van der Waals surface area contributed by atoms with Crippen LogP contribution in [0, 0.1) is 11.6 Å². The molecule has 0 aliphatic rings. The third-order valence-corrected chi connectivity index (χ3v) is 6.26. The van der Waals surface area contributed by atoms with Gasteiger partial charge in [0.25, 0.3) is 0 Å². The standard InChI is InChI=1S/C22H23F2N5O3S/c1-3-4-7-33(31,32)29-18-6-5-17(23)19(20(18)24)21(30)16-12-28-22-15(16)8-13(11-27-22)14(9-25)10-26-2/h5-6,8-12,29H,3-4,7,25H2,1-2H3,(H,27,28). The number of unbranched alkanes of at least 4 members (excludes halogenated alkanes) is 1. The highest BCUT2D eigenvalue weighted by molar-refractivity contribution is 7.92. The second kappa shape index (κ2) is 9.90. The van der Waals surface area contributed by atoms with Gasteiger partial charge in [-0.1, -0.05) is 13.3 Å². The molecule has 0 radical (unpaired) electrons. The molecule has 0 aliphatic carbocycles. The maximum Gasteiger partial charge on any atom is 0.232 e. The molecule has 0 unspecified atom stereocenters. The molecule has 3 aromatic rings. The van der Waals surface area contributed by atoms with Crippen molar-refractivity contribution in [3.05, 3.63) is 65.1 Å². The van der Waals surface area contributed by atoms with E-state index in [-0.39, 0.29) is 11.3 Å².